The molecule has 3 aromatic rings. The van der Waals surface area contributed by atoms with Crippen LogP contribution in [0.3, 0.4) is 0 Å². The van der Waals surface area contributed by atoms with Gasteiger partial charge in [0, 0.05) is 17.5 Å². The zero-order valence-corrected chi connectivity index (χ0v) is 13.1. The molecule has 2 heterocycles. The third-order valence-electron chi connectivity index (χ3n) is 4.23. The van der Waals surface area contributed by atoms with E-state index in [0.717, 1.165) is 11.3 Å². The van der Waals surface area contributed by atoms with E-state index in [1.807, 2.05) is 24.3 Å². The van der Waals surface area contributed by atoms with Crippen molar-refractivity contribution in [1.29, 1.82) is 0 Å². The molecule has 0 unspecified atom stereocenters. The highest BCUT2D eigenvalue weighted by Crippen LogP contribution is 2.22. The van der Waals surface area contributed by atoms with Crippen LogP contribution in [0.15, 0.2) is 53.3 Å². The summed E-state index contributed by atoms with van der Waals surface area (Å²) in [6.07, 6.45) is 0.398. The Labute approximate surface area is 142 Å². The Balaban J connectivity index is 1.64. The predicted octanol–water partition coefficient (Wildman–Crippen LogP) is 1.22. The highest BCUT2D eigenvalue weighted by Gasteiger charge is 2.28. The number of anilines is 1. The van der Waals surface area contributed by atoms with E-state index in [1.54, 1.807) is 24.3 Å². The molecule has 7 heteroatoms. The quantitative estimate of drug-likeness (QED) is 0.655. The van der Waals surface area contributed by atoms with Gasteiger partial charge in [0.2, 0.25) is 5.91 Å². The van der Waals surface area contributed by atoms with Crippen molar-refractivity contribution in [2.45, 2.75) is 12.5 Å². The number of rotatable bonds is 2. The Morgan fingerprint density at radius 3 is 2.60 bits per heavy atom. The molecule has 25 heavy (non-hydrogen) atoms. The first kappa shape index (κ1) is 15.1. The van der Waals surface area contributed by atoms with Gasteiger partial charge in [-0.3, -0.25) is 14.4 Å². The summed E-state index contributed by atoms with van der Waals surface area (Å²) in [6.45, 7) is 0. The molecular formula is C18H14N4O3. The highest BCUT2D eigenvalue weighted by atomic mass is 16.2. The number of carbonyl (C=O) groups excluding carboxylic acids is 2. The average molecular weight is 334 g/mol. The molecule has 0 spiro atoms. The van der Waals surface area contributed by atoms with E-state index in [2.05, 4.69) is 20.8 Å². The van der Waals surface area contributed by atoms with E-state index < -0.39 is 11.9 Å². The first-order chi connectivity index (χ1) is 12.1. The fourth-order valence-corrected chi connectivity index (χ4v) is 2.98. The summed E-state index contributed by atoms with van der Waals surface area (Å²) in [5.74, 6) is -0.784. The third-order valence-corrected chi connectivity index (χ3v) is 4.23. The van der Waals surface area contributed by atoms with Gasteiger partial charge < -0.3 is 10.6 Å². The molecule has 1 aliphatic rings. The molecule has 2 aromatic carbocycles. The molecule has 1 aromatic heterocycles. The number of fused-ring (bicyclic) bond motifs is 2. The minimum atomic E-state index is -0.699. The number of para-hydroxylation sites is 1. The number of hydrogen-bond donors (Lipinski definition) is 3. The Morgan fingerprint density at radius 1 is 1.04 bits per heavy atom. The van der Waals surface area contributed by atoms with E-state index in [-0.39, 0.29) is 17.2 Å². The first-order valence-corrected chi connectivity index (χ1v) is 7.80. The first-order valence-electron chi connectivity index (χ1n) is 7.80. The normalized spacial score (nSPS) is 16.2. The van der Waals surface area contributed by atoms with Crippen molar-refractivity contribution in [3.8, 4) is 0 Å². The molecule has 124 valence electrons. The second-order valence-corrected chi connectivity index (χ2v) is 5.82. The lowest BCUT2D eigenvalue weighted by Gasteiger charge is -2.25. The lowest BCUT2D eigenvalue weighted by Crippen LogP contribution is -2.48. The minimum absolute atomic E-state index is 0.0851. The molecule has 3 N–H and O–H groups in total. The van der Waals surface area contributed by atoms with Crippen LogP contribution in [0.5, 0.6) is 0 Å². The summed E-state index contributed by atoms with van der Waals surface area (Å²) in [5.41, 5.74) is 1.43. The molecule has 0 bridgehead atoms. The Bertz CT molecular complexity index is 1060. The SMILES string of the molecule is O=C(N[C@H]1Cc2ccccc2NC1=O)c1n[nH]c(=O)c2ccccc12. The summed E-state index contributed by atoms with van der Waals surface area (Å²) in [5, 5.41) is 12.5. The van der Waals surface area contributed by atoms with Crippen LogP contribution >= 0.6 is 0 Å². The number of aromatic amines is 1. The molecule has 0 fully saturated rings. The molecule has 1 atom stereocenters. The van der Waals surface area contributed by atoms with Gasteiger partial charge in [-0.2, -0.15) is 5.10 Å². The van der Waals surface area contributed by atoms with E-state index in [1.165, 1.54) is 0 Å². The molecule has 4 rings (SSSR count). The van der Waals surface area contributed by atoms with Crippen LogP contribution in [0.4, 0.5) is 5.69 Å². The number of H-pyrrole nitrogens is 1. The number of carbonyl (C=O) groups is 2. The maximum Gasteiger partial charge on any atom is 0.273 e. The minimum Gasteiger partial charge on any atom is -0.338 e. The molecule has 0 radical (unpaired) electrons. The number of aromatic nitrogens is 2. The zero-order chi connectivity index (χ0) is 17.4. The number of nitrogens with one attached hydrogen (secondary N) is 3. The summed E-state index contributed by atoms with van der Waals surface area (Å²) in [6, 6.07) is 13.5. The monoisotopic (exact) mass is 334 g/mol. The summed E-state index contributed by atoms with van der Waals surface area (Å²) in [4.78, 5) is 36.7. The summed E-state index contributed by atoms with van der Waals surface area (Å²) in [7, 11) is 0. The number of amides is 2. The van der Waals surface area contributed by atoms with E-state index >= 15 is 0 Å². The number of hydrogen-bond acceptors (Lipinski definition) is 4. The molecule has 1 aliphatic heterocycles. The van der Waals surface area contributed by atoms with Gasteiger partial charge in [-0.25, -0.2) is 5.10 Å². The maximum absolute atomic E-state index is 12.6. The van der Waals surface area contributed by atoms with Gasteiger partial charge in [0.25, 0.3) is 11.5 Å². The second kappa shape index (κ2) is 5.86. The van der Waals surface area contributed by atoms with Crippen LogP contribution in [0.25, 0.3) is 10.8 Å². The van der Waals surface area contributed by atoms with Crippen molar-refractivity contribution in [2.75, 3.05) is 5.32 Å². The van der Waals surface area contributed by atoms with Crippen molar-refractivity contribution in [2.24, 2.45) is 0 Å². The third kappa shape index (κ3) is 2.65. The molecular weight excluding hydrogens is 320 g/mol. The fraction of sp³-hybridized carbons (Fsp3) is 0.111. The maximum atomic E-state index is 12.6. The van der Waals surface area contributed by atoms with Crippen LogP contribution in [-0.4, -0.2) is 28.1 Å². The largest absolute Gasteiger partial charge is 0.338 e. The molecule has 0 saturated heterocycles. The Hall–Kier alpha value is -3.48. The van der Waals surface area contributed by atoms with Gasteiger partial charge >= 0.3 is 0 Å². The van der Waals surface area contributed by atoms with Crippen molar-refractivity contribution < 1.29 is 9.59 Å². The van der Waals surface area contributed by atoms with Crippen molar-refractivity contribution in [3.05, 3.63) is 70.1 Å². The van der Waals surface area contributed by atoms with E-state index in [0.29, 0.717) is 17.2 Å². The molecule has 0 saturated carbocycles. The highest BCUT2D eigenvalue weighted by molar-refractivity contribution is 6.07. The van der Waals surface area contributed by atoms with Gasteiger partial charge in [-0.05, 0) is 17.7 Å². The Morgan fingerprint density at radius 2 is 1.76 bits per heavy atom. The van der Waals surface area contributed by atoms with Crippen LogP contribution in [0, 0.1) is 0 Å². The number of benzene rings is 2. The van der Waals surface area contributed by atoms with Crippen molar-refractivity contribution in [3.63, 3.8) is 0 Å². The smallest absolute Gasteiger partial charge is 0.273 e. The van der Waals surface area contributed by atoms with E-state index in [4.69, 9.17) is 0 Å². The molecule has 0 aliphatic carbocycles. The van der Waals surface area contributed by atoms with Gasteiger partial charge in [-0.1, -0.05) is 36.4 Å². The standard InChI is InChI=1S/C18H14N4O3/c23-16-12-7-3-2-6-11(12)15(21-22-16)18(25)20-14-9-10-5-1-4-8-13(10)19-17(14)24/h1-8,14H,9H2,(H,19,24)(H,20,25)(H,22,23)/t14-/m0/s1. The molecule has 7 nitrogen and oxygen atoms in total. The topological polar surface area (TPSA) is 104 Å². The lowest BCUT2D eigenvalue weighted by atomic mass is 9.99. The van der Waals surface area contributed by atoms with Gasteiger partial charge in [0.05, 0.1) is 5.39 Å². The number of nitrogens with zero attached hydrogens (tertiary/aromatic N) is 1. The van der Waals surface area contributed by atoms with E-state index in [9.17, 15) is 14.4 Å². The average Bonchev–Trinajstić information content (AvgIpc) is 2.63. The van der Waals surface area contributed by atoms with Gasteiger partial charge in [-0.15, -0.1) is 0 Å². The predicted molar refractivity (Wildman–Crippen MR) is 92.4 cm³/mol. The van der Waals surface area contributed by atoms with Crippen LogP contribution < -0.4 is 16.2 Å². The van der Waals surface area contributed by atoms with Gasteiger partial charge in [0.15, 0.2) is 5.69 Å². The second-order valence-electron chi connectivity index (χ2n) is 5.82. The summed E-state index contributed by atoms with van der Waals surface area (Å²) < 4.78 is 0. The van der Waals surface area contributed by atoms with Gasteiger partial charge in [0.1, 0.15) is 6.04 Å². The van der Waals surface area contributed by atoms with Crippen molar-refractivity contribution in [1.82, 2.24) is 15.5 Å². The van der Waals surface area contributed by atoms with Crippen LogP contribution in [0.2, 0.25) is 0 Å². The summed E-state index contributed by atoms with van der Waals surface area (Å²) >= 11 is 0. The van der Waals surface area contributed by atoms with Crippen LogP contribution in [0.1, 0.15) is 16.1 Å². The fourth-order valence-electron chi connectivity index (χ4n) is 2.98. The Kier molecular flexibility index (Phi) is 3.53. The molecule has 2 amide bonds. The van der Waals surface area contributed by atoms with Crippen LogP contribution in [-0.2, 0) is 11.2 Å². The zero-order valence-electron chi connectivity index (χ0n) is 13.1. The lowest BCUT2D eigenvalue weighted by molar-refractivity contribution is -0.118. The van der Waals surface area contributed by atoms with Crippen molar-refractivity contribution >= 4 is 28.3 Å².